The molecular weight excluding hydrogens is 380 g/mol. The van der Waals surface area contributed by atoms with Gasteiger partial charge in [0, 0.05) is 6.07 Å². The third-order valence-corrected chi connectivity index (χ3v) is 4.65. The van der Waals surface area contributed by atoms with Gasteiger partial charge in [0.15, 0.2) is 17.3 Å². The van der Waals surface area contributed by atoms with Crippen molar-refractivity contribution in [1.29, 1.82) is 0 Å². The normalized spacial score (nSPS) is 11.6. The van der Waals surface area contributed by atoms with Crippen LogP contribution in [0.25, 0.3) is 6.08 Å². The van der Waals surface area contributed by atoms with Gasteiger partial charge in [-0.25, -0.2) is 0 Å². The molecule has 0 heterocycles. The highest BCUT2D eigenvalue weighted by molar-refractivity contribution is 6.08. The Labute approximate surface area is 177 Å². The van der Waals surface area contributed by atoms with E-state index in [1.807, 2.05) is 13.0 Å². The average Bonchev–Trinajstić information content (AvgIpc) is 2.67. The molecule has 2 rings (SSSR count). The van der Waals surface area contributed by atoms with Crippen LogP contribution in [0.1, 0.15) is 55.1 Å². The first kappa shape index (κ1) is 22.8. The Hall–Kier alpha value is -3.47. The Kier molecular flexibility index (Phi) is 7.87. The fourth-order valence-electron chi connectivity index (χ4n) is 2.86. The van der Waals surface area contributed by atoms with Crippen LogP contribution in [0.2, 0.25) is 0 Å². The highest BCUT2D eigenvalue weighted by Gasteiger charge is 2.13. The number of phenolic OH excluding ortho intramolecular Hbond substituents is 4. The topological polar surface area (TPSA) is 98.0 Å². The summed E-state index contributed by atoms with van der Waals surface area (Å²) in [7, 11) is 0. The first-order valence-corrected chi connectivity index (χ1v) is 9.75. The molecule has 0 radical (unpaired) electrons. The summed E-state index contributed by atoms with van der Waals surface area (Å²) in [5.41, 5.74) is 3.61. The number of carbonyl (C=O) groups excluding carboxylic acids is 1. The van der Waals surface area contributed by atoms with Gasteiger partial charge in [-0.2, -0.15) is 0 Å². The van der Waals surface area contributed by atoms with E-state index < -0.39 is 5.78 Å². The van der Waals surface area contributed by atoms with Crippen LogP contribution >= 0.6 is 0 Å². The SMILES string of the molecule is CC(C)=CCCC(C)=CCc1cc(C(=O)C=Cc2ccc(O)c(O)c2)c(O)cc1O. The second kappa shape index (κ2) is 10.3. The molecule has 0 aliphatic heterocycles. The molecule has 0 amide bonds. The van der Waals surface area contributed by atoms with Crippen molar-refractivity contribution < 1.29 is 25.2 Å². The number of ketones is 1. The Bertz CT molecular complexity index is 1010. The molecule has 158 valence electrons. The number of rotatable bonds is 8. The smallest absolute Gasteiger partial charge is 0.189 e. The van der Waals surface area contributed by atoms with Gasteiger partial charge in [-0.3, -0.25) is 4.79 Å². The van der Waals surface area contributed by atoms with Crippen molar-refractivity contribution in [3.8, 4) is 23.0 Å². The van der Waals surface area contributed by atoms with E-state index in [-0.39, 0.29) is 28.6 Å². The molecule has 0 spiro atoms. The maximum atomic E-state index is 12.5. The Morgan fingerprint density at radius 1 is 0.867 bits per heavy atom. The molecular formula is C25H28O5. The molecule has 30 heavy (non-hydrogen) atoms. The quantitative estimate of drug-likeness (QED) is 0.196. The third kappa shape index (κ3) is 6.55. The van der Waals surface area contributed by atoms with Gasteiger partial charge in [0.2, 0.25) is 0 Å². The lowest BCUT2D eigenvalue weighted by molar-refractivity contribution is 0.104. The van der Waals surface area contributed by atoms with Gasteiger partial charge in [-0.05, 0) is 75.4 Å². The molecule has 0 unspecified atom stereocenters. The zero-order chi connectivity index (χ0) is 22.3. The van der Waals surface area contributed by atoms with Crippen molar-refractivity contribution in [2.24, 2.45) is 0 Å². The van der Waals surface area contributed by atoms with Gasteiger partial charge in [-0.15, -0.1) is 0 Å². The number of benzene rings is 2. The summed E-state index contributed by atoms with van der Waals surface area (Å²) in [6.45, 7) is 6.15. The van der Waals surface area contributed by atoms with Crippen molar-refractivity contribution in [1.82, 2.24) is 0 Å². The highest BCUT2D eigenvalue weighted by Crippen LogP contribution is 2.30. The second-order valence-corrected chi connectivity index (χ2v) is 7.52. The lowest BCUT2D eigenvalue weighted by atomic mass is 10.0. The van der Waals surface area contributed by atoms with E-state index >= 15 is 0 Å². The molecule has 2 aromatic rings. The first-order valence-electron chi connectivity index (χ1n) is 9.75. The van der Waals surface area contributed by atoms with E-state index in [0.29, 0.717) is 17.5 Å². The van der Waals surface area contributed by atoms with Crippen LogP contribution in [-0.2, 0) is 6.42 Å². The summed E-state index contributed by atoms with van der Waals surface area (Å²) in [5, 5.41) is 39.1. The van der Waals surface area contributed by atoms with E-state index in [4.69, 9.17) is 0 Å². The van der Waals surface area contributed by atoms with Gasteiger partial charge in [0.05, 0.1) is 5.56 Å². The predicted octanol–water partition coefficient (Wildman–Crippen LogP) is 5.64. The summed E-state index contributed by atoms with van der Waals surface area (Å²) < 4.78 is 0. The number of allylic oxidation sites excluding steroid dienone is 5. The van der Waals surface area contributed by atoms with Crippen LogP contribution in [-0.4, -0.2) is 26.2 Å². The van der Waals surface area contributed by atoms with Crippen molar-refractivity contribution in [3.05, 3.63) is 76.4 Å². The molecule has 0 aliphatic carbocycles. The fourth-order valence-corrected chi connectivity index (χ4v) is 2.86. The summed E-state index contributed by atoms with van der Waals surface area (Å²) in [6, 6.07) is 6.86. The second-order valence-electron chi connectivity index (χ2n) is 7.52. The van der Waals surface area contributed by atoms with Gasteiger partial charge in [0.25, 0.3) is 0 Å². The van der Waals surface area contributed by atoms with Crippen molar-refractivity contribution in [3.63, 3.8) is 0 Å². The largest absolute Gasteiger partial charge is 0.508 e. The predicted molar refractivity (Wildman–Crippen MR) is 119 cm³/mol. The van der Waals surface area contributed by atoms with Gasteiger partial charge in [0.1, 0.15) is 11.5 Å². The maximum absolute atomic E-state index is 12.5. The minimum atomic E-state index is -0.439. The molecule has 0 saturated heterocycles. The molecule has 0 fully saturated rings. The Balaban J connectivity index is 2.16. The molecule has 4 N–H and O–H groups in total. The number of hydrogen-bond donors (Lipinski definition) is 4. The summed E-state index contributed by atoms with van der Waals surface area (Å²) in [5.74, 6) is -1.34. The van der Waals surface area contributed by atoms with Crippen LogP contribution in [0, 0.1) is 0 Å². The van der Waals surface area contributed by atoms with E-state index in [1.165, 1.54) is 47.6 Å². The van der Waals surface area contributed by atoms with Crippen molar-refractivity contribution in [2.75, 3.05) is 0 Å². The van der Waals surface area contributed by atoms with Crippen molar-refractivity contribution in [2.45, 2.75) is 40.0 Å². The highest BCUT2D eigenvalue weighted by atomic mass is 16.3. The third-order valence-electron chi connectivity index (χ3n) is 4.65. The van der Waals surface area contributed by atoms with E-state index in [1.54, 1.807) is 6.07 Å². The van der Waals surface area contributed by atoms with E-state index in [2.05, 4.69) is 19.9 Å². The van der Waals surface area contributed by atoms with Gasteiger partial charge < -0.3 is 20.4 Å². The zero-order valence-electron chi connectivity index (χ0n) is 17.5. The number of carbonyl (C=O) groups is 1. The van der Waals surface area contributed by atoms with Gasteiger partial charge in [-0.1, -0.05) is 35.4 Å². The Morgan fingerprint density at radius 3 is 2.27 bits per heavy atom. The minimum Gasteiger partial charge on any atom is -0.508 e. The lowest BCUT2D eigenvalue weighted by Gasteiger charge is -2.08. The first-order chi connectivity index (χ1) is 14.2. The van der Waals surface area contributed by atoms with E-state index in [9.17, 15) is 25.2 Å². The average molecular weight is 408 g/mol. The summed E-state index contributed by atoms with van der Waals surface area (Å²) in [6.07, 6.45) is 9.23. The molecule has 0 atom stereocenters. The molecule has 0 saturated carbocycles. The molecule has 5 nitrogen and oxygen atoms in total. The number of hydrogen-bond acceptors (Lipinski definition) is 5. The van der Waals surface area contributed by atoms with Crippen LogP contribution in [0.4, 0.5) is 0 Å². The zero-order valence-corrected chi connectivity index (χ0v) is 17.5. The lowest BCUT2D eigenvalue weighted by Crippen LogP contribution is -1.97. The van der Waals surface area contributed by atoms with Crippen LogP contribution in [0.15, 0.2) is 59.7 Å². The fraction of sp³-hybridized carbons (Fsp3) is 0.240. The van der Waals surface area contributed by atoms with Gasteiger partial charge >= 0.3 is 0 Å². The maximum Gasteiger partial charge on any atom is 0.189 e. The minimum absolute atomic E-state index is 0.0650. The standard InChI is InChI=1S/C25H28O5/c1-16(2)5-4-6-17(3)7-10-19-14-20(24(29)15-23(19)28)21(26)11-8-18-9-12-22(27)25(30)13-18/h5,7-9,11-15,27-30H,4,6,10H2,1-3H3. The molecule has 0 aliphatic rings. The number of phenols is 4. The van der Waals surface area contributed by atoms with Crippen molar-refractivity contribution >= 4 is 11.9 Å². The van der Waals surface area contributed by atoms with Crippen LogP contribution in [0.5, 0.6) is 23.0 Å². The summed E-state index contributed by atoms with van der Waals surface area (Å²) in [4.78, 5) is 12.5. The molecule has 2 aromatic carbocycles. The van der Waals surface area contributed by atoms with E-state index in [0.717, 1.165) is 12.8 Å². The monoisotopic (exact) mass is 408 g/mol. The molecule has 0 bridgehead atoms. The van der Waals surface area contributed by atoms with Crippen LogP contribution < -0.4 is 0 Å². The summed E-state index contributed by atoms with van der Waals surface area (Å²) >= 11 is 0. The van der Waals surface area contributed by atoms with Crippen LogP contribution in [0.3, 0.4) is 0 Å². The molecule has 0 aromatic heterocycles. The Morgan fingerprint density at radius 2 is 1.60 bits per heavy atom. The molecule has 5 heteroatoms. The number of aromatic hydroxyl groups is 4.